The molecular weight excluding hydrogens is 394 g/mol. The Kier molecular flexibility index (Phi) is 5.29. The quantitative estimate of drug-likeness (QED) is 0.301. The van der Waals surface area contributed by atoms with Crippen LogP contribution in [0.4, 0.5) is 5.69 Å². The van der Waals surface area contributed by atoms with Crippen LogP contribution in [0.15, 0.2) is 69.9 Å². The third-order valence-corrected chi connectivity index (χ3v) is 5.12. The van der Waals surface area contributed by atoms with Crippen molar-refractivity contribution in [3.8, 4) is 17.1 Å². The van der Waals surface area contributed by atoms with Gasteiger partial charge in [-0.25, -0.2) is 0 Å². The van der Waals surface area contributed by atoms with E-state index in [-0.39, 0.29) is 23.5 Å². The molecular formula is C25H21NO5. The van der Waals surface area contributed by atoms with E-state index >= 15 is 0 Å². The fraction of sp³-hybridized carbons (Fsp3) is 0.160. The first-order chi connectivity index (χ1) is 14.8. The van der Waals surface area contributed by atoms with Crippen LogP contribution in [0, 0.1) is 30.9 Å². The number of fused-ring (bicyclic) bond motifs is 1. The van der Waals surface area contributed by atoms with Gasteiger partial charge in [0.15, 0.2) is 5.76 Å². The molecule has 0 fully saturated rings. The lowest BCUT2D eigenvalue weighted by molar-refractivity contribution is -0.384. The van der Waals surface area contributed by atoms with E-state index in [1.54, 1.807) is 18.2 Å². The molecule has 0 aliphatic rings. The van der Waals surface area contributed by atoms with E-state index in [4.69, 9.17) is 9.15 Å². The van der Waals surface area contributed by atoms with E-state index in [0.29, 0.717) is 22.3 Å². The lowest BCUT2D eigenvalue weighted by atomic mass is 10.0. The van der Waals surface area contributed by atoms with Gasteiger partial charge in [-0.3, -0.25) is 14.9 Å². The van der Waals surface area contributed by atoms with Gasteiger partial charge in [0.25, 0.3) is 5.69 Å². The monoisotopic (exact) mass is 415 g/mol. The predicted molar refractivity (Wildman–Crippen MR) is 120 cm³/mol. The lowest BCUT2D eigenvalue weighted by Crippen LogP contribution is -2.11. The number of nitro benzene ring substituents is 1. The van der Waals surface area contributed by atoms with Crippen molar-refractivity contribution in [3.05, 3.63) is 103 Å². The summed E-state index contributed by atoms with van der Waals surface area (Å²) in [6, 6.07) is 17.5. The number of aryl methyl sites for hydroxylation is 3. The molecule has 3 aromatic carbocycles. The highest BCUT2D eigenvalue weighted by molar-refractivity contribution is 5.85. The Hall–Kier alpha value is -3.93. The first-order valence-electron chi connectivity index (χ1n) is 9.84. The molecule has 0 aliphatic carbocycles. The predicted octanol–water partition coefficient (Wildman–Crippen LogP) is 5.87. The molecule has 0 atom stereocenters. The number of hydrogen-bond acceptors (Lipinski definition) is 5. The summed E-state index contributed by atoms with van der Waals surface area (Å²) in [7, 11) is 0. The standard InChI is InChI=1S/C25H21NO5/c1-15-4-8-19(9-5-15)24-25(30-14-18-6-10-20(11-7-18)26(28)29)22(27)21-13-16(2)12-17(3)23(21)31-24/h4-13H,14H2,1-3H3. The topological polar surface area (TPSA) is 82.6 Å². The van der Waals surface area contributed by atoms with E-state index in [0.717, 1.165) is 22.3 Å². The summed E-state index contributed by atoms with van der Waals surface area (Å²) >= 11 is 0. The van der Waals surface area contributed by atoms with Crippen molar-refractivity contribution in [1.29, 1.82) is 0 Å². The van der Waals surface area contributed by atoms with Gasteiger partial charge in [0.2, 0.25) is 11.2 Å². The Morgan fingerprint density at radius 1 is 0.935 bits per heavy atom. The lowest BCUT2D eigenvalue weighted by Gasteiger charge is -2.13. The normalized spacial score (nSPS) is 10.9. The fourth-order valence-corrected chi connectivity index (χ4v) is 3.53. The second-order valence-corrected chi connectivity index (χ2v) is 7.63. The summed E-state index contributed by atoms with van der Waals surface area (Å²) in [6.07, 6.45) is 0. The zero-order valence-electron chi connectivity index (χ0n) is 17.5. The van der Waals surface area contributed by atoms with Gasteiger partial charge in [0.05, 0.1) is 10.3 Å². The van der Waals surface area contributed by atoms with Crippen molar-refractivity contribution in [2.75, 3.05) is 0 Å². The number of hydrogen-bond donors (Lipinski definition) is 0. The largest absolute Gasteiger partial charge is 0.481 e. The van der Waals surface area contributed by atoms with Gasteiger partial charge in [-0.1, -0.05) is 35.9 Å². The van der Waals surface area contributed by atoms with Crippen LogP contribution < -0.4 is 10.2 Å². The summed E-state index contributed by atoms with van der Waals surface area (Å²) in [5.74, 6) is 0.492. The highest BCUT2D eigenvalue weighted by Crippen LogP contribution is 2.33. The number of non-ortho nitro benzene ring substituents is 1. The van der Waals surface area contributed by atoms with Gasteiger partial charge >= 0.3 is 0 Å². The molecule has 0 spiro atoms. The Morgan fingerprint density at radius 2 is 1.61 bits per heavy atom. The zero-order chi connectivity index (χ0) is 22.1. The number of nitrogens with zero attached hydrogens (tertiary/aromatic N) is 1. The molecule has 0 bridgehead atoms. The van der Waals surface area contributed by atoms with Gasteiger partial charge in [-0.2, -0.15) is 0 Å². The maximum absolute atomic E-state index is 13.4. The van der Waals surface area contributed by atoms with E-state index in [1.165, 1.54) is 12.1 Å². The van der Waals surface area contributed by atoms with E-state index in [9.17, 15) is 14.9 Å². The van der Waals surface area contributed by atoms with Crippen LogP contribution in [-0.2, 0) is 6.61 Å². The fourth-order valence-electron chi connectivity index (χ4n) is 3.53. The summed E-state index contributed by atoms with van der Waals surface area (Å²) in [6.45, 7) is 5.91. The van der Waals surface area contributed by atoms with Crippen LogP contribution in [0.1, 0.15) is 22.3 Å². The second-order valence-electron chi connectivity index (χ2n) is 7.63. The van der Waals surface area contributed by atoms with Gasteiger partial charge in [0.1, 0.15) is 12.2 Å². The van der Waals surface area contributed by atoms with Crippen molar-refractivity contribution in [1.82, 2.24) is 0 Å². The molecule has 0 amide bonds. The summed E-state index contributed by atoms with van der Waals surface area (Å²) in [4.78, 5) is 23.8. The number of rotatable bonds is 5. The van der Waals surface area contributed by atoms with Gasteiger partial charge < -0.3 is 9.15 Å². The molecule has 4 rings (SSSR count). The Bertz CT molecular complexity index is 1340. The first-order valence-corrected chi connectivity index (χ1v) is 9.84. The molecule has 0 saturated carbocycles. The molecule has 6 nitrogen and oxygen atoms in total. The number of nitro groups is 1. The van der Waals surface area contributed by atoms with Crippen LogP contribution in [-0.4, -0.2) is 4.92 Å². The summed E-state index contributed by atoms with van der Waals surface area (Å²) in [5.41, 5.74) is 4.67. The minimum Gasteiger partial charge on any atom is -0.481 e. The average Bonchev–Trinajstić information content (AvgIpc) is 2.74. The molecule has 0 unspecified atom stereocenters. The SMILES string of the molecule is Cc1ccc(-c2oc3c(C)cc(C)cc3c(=O)c2OCc2ccc([N+](=O)[O-])cc2)cc1. The third kappa shape index (κ3) is 4.05. The van der Waals surface area contributed by atoms with Crippen molar-refractivity contribution in [2.45, 2.75) is 27.4 Å². The minimum absolute atomic E-state index is 0.000244. The molecule has 1 aromatic heterocycles. The smallest absolute Gasteiger partial charge is 0.269 e. The van der Waals surface area contributed by atoms with Crippen LogP contribution in [0.2, 0.25) is 0 Å². The van der Waals surface area contributed by atoms with Gasteiger partial charge in [-0.15, -0.1) is 0 Å². The maximum Gasteiger partial charge on any atom is 0.269 e. The molecule has 156 valence electrons. The van der Waals surface area contributed by atoms with Crippen LogP contribution >= 0.6 is 0 Å². The molecule has 0 N–H and O–H groups in total. The summed E-state index contributed by atoms with van der Waals surface area (Å²) < 4.78 is 12.2. The molecule has 31 heavy (non-hydrogen) atoms. The molecule has 6 heteroatoms. The average molecular weight is 415 g/mol. The second kappa shape index (κ2) is 8.07. The van der Waals surface area contributed by atoms with E-state index < -0.39 is 4.92 Å². The maximum atomic E-state index is 13.4. The molecule has 4 aromatic rings. The minimum atomic E-state index is -0.456. The Labute approximate surface area is 178 Å². The molecule has 0 aliphatic heterocycles. The van der Waals surface area contributed by atoms with E-state index in [1.807, 2.05) is 51.1 Å². The molecule has 0 saturated heterocycles. The van der Waals surface area contributed by atoms with Crippen LogP contribution in [0.3, 0.4) is 0 Å². The summed E-state index contributed by atoms with van der Waals surface area (Å²) in [5, 5.41) is 11.3. The van der Waals surface area contributed by atoms with Crippen LogP contribution in [0.25, 0.3) is 22.3 Å². The molecule has 0 radical (unpaired) electrons. The zero-order valence-corrected chi connectivity index (χ0v) is 17.5. The Morgan fingerprint density at radius 3 is 2.26 bits per heavy atom. The van der Waals surface area contributed by atoms with Crippen molar-refractivity contribution in [2.24, 2.45) is 0 Å². The highest BCUT2D eigenvalue weighted by atomic mass is 16.6. The molecule has 1 heterocycles. The Balaban J connectivity index is 1.82. The van der Waals surface area contributed by atoms with Gasteiger partial charge in [0, 0.05) is 17.7 Å². The highest BCUT2D eigenvalue weighted by Gasteiger charge is 2.19. The number of benzene rings is 3. The van der Waals surface area contributed by atoms with Crippen molar-refractivity contribution in [3.63, 3.8) is 0 Å². The van der Waals surface area contributed by atoms with Crippen molar-refractivity contribution >= 4 is 16.7 Å². The number of ether oxygens (including phenoxy) is 1. The first kappa shape index (κ1) is 20.3. The third-order valence-electron chi connectivity index (χ3n) is 5.12. The van der Waals surface area contributed by atoms with Gasteiger partial charge in [-0.05, 0) is 55.7 Å². The van der Waals surface area contributed by atoms with Crippen LogP contribution in [0.5, 0.6) is 5.75 Å². The van der Waals surface area contributed by atoms with Crippen molar-refractivity contribution < 1.29 is 14.1 Å². The van der Waals surface area contributed by atoms with E-state index in [2.05, 4.69) is 0 Å².